The monoisotopic (exact) mass is 660 g/mol. The second-order valence-corrected chi connectivity index (χ2v) is 11.5. The van der Waals surface area contributed by atoms with Gasteiger partial charge in [-0.25, -0.2) is 0 Å². The van der Waals surface area contributed by atoms with Crippen LogP contribution in [0.5, 0.6) is 0 Å². The van der Waals surface area contributed by atoms with Crippen LogP contribution in [0, 0.1) is 0 Å². The van der Waals surface area contributed by atoms with E-state index >= 15 is 0 Å². The molecule has 0 radical (unpaired) electrons. The Bertz CT molecular complexity index is 4580. The molecule has 50 heavy (non-hydrogen) atoms. The predicted octanol–water partition coefficient (Wildman–Crippen LogP) is 14.0. The molecule has 0 atom stereocenters. The van der Waals surface area contributed by atoms with Crippen LogP contribution in [-0.4, -0.2) is 0 Å². The van der Waals surface area contributed by atoms with Crippen molar-refractivity contribution in [3.05, 3.63) is 157 Å². The molecule has 0 aliphatic carbocycles. The third-order valence-electron chi connectivity index (χ3n) is 8.77. The van der Waals surface area contributed by atoms with Gasteiger partial charge in [-0.15, -0.1) is 0 Å². The molecule has 12 rings (SSSR count). The first-order valence-electron chi connectivity index (χ1n) is 28.1. The van der Waals surface area contributed by atoms with Gasteiger partial charge in [-0.3, -0.25) is 0 Å². The largest absolute Gasteiger partial charge is 0.456 e. The smallest absolute Gasteiger partial charge is 0.136 e. The van der Waals surface area contributed by atoms with Gasteiger partial charge in [0.2, 0.25) is 0 Å². The first-order valence-corrected chi connectivity index (χ1v) is 15.1. The van der Waals surface area contributed by atoms with Crippen molar-refractivity contribution in [2.45, 2.75) is 0 Å². The summed E-state index contributed by atoms with van der Waals surface area (Å²) in [6.07, 6.45) is 0. The van der Waals surface area contributed by atoms with E-state index in [9.17, 15) is 21.9 Å². The van der Waals surface area contributed by atoms with Crippen LogP contribution < -0.4 is 0 Å². The van der Waals surface area contributed by atoms with Gasteiger partial charge < -0.3 is 8.83 Å². The third kappa shape index (κ3) is 3.57. The average Bonchev–Trinajstić information content (AvgIpc) is 4.16. The highest BCUT2D eigenvalue weighted by Crippen LogP contribution is 2.44. The van der Waals surface area contributed by atoms with Crippen LogP contribution in [0.25, 0.3) is 120 Å². The highest BCUT2D eigenvalue weighted by molar-refractivity contribution is 6.28. The maximum absolute atomic E-state index is 9.70. The number of furan rings is 2. The minimum atomic E-state index is -0.880. The molecule has 0 N–H and O–H groups in total. The van der Waals surface area contributed by atoms with Gasteiger partial charge in [0.25, 0.3) is 0 Å². The van der Waals surface area contributed by atoms with E-state index in [0.29, 0.717) is 0 Å². The number of benzene rings is 10. The fourth-order valence-electron chi connectivity index (χ4n) is 6.53. The number of rotatable bonds is 2. The van der Waals surface area contributed by atoms with E-state index in [4.69, 9.17) is 22.5 Å². The van der Waals surface area contributed by atoms with E-state index in [0.717, 1.165) is 0 Å². The lowest BCUT2D eigenvalue weighted by atomic mass is 9.87. The van der Waals surface area contributed by atoms with Crippen LogP contribution in [0.1, 0.15) is 35.6 Å². The summed E-state index contributed by atoms with van der Waals surface area (Å²) in [6, 6.07) is -19.9. The van der Waals surface area contributed by atoms with Crippen molar-refractivity contribution in [3.8, 4) is 22.3 Å². The molecule has 0 saturated carbocycles. The Morgan fingerprint density at radius 3 is 1.16 bits per heavy atom. The van der Waals surface area contributed by atoms with Crippen LogP contribution >= 0.6 is 0 Å². The van der Waals surface area contributed by atoms with Crippen LogP contribution in [-0.2, 0) is 0 Å². The average molecular weight is 661 g/mol. The molecule has 0 aliphatic rings. The lowest BCUT2D eigenvalue weighted by molar-refractivity contribution is 0.669. The van der Waals surface area contributed by atoms with Crippen molar-refractivity contribution < 1.29 is 44.5 Å². The van der Waals surface area contributed by atoms with Crippen molar-refractivity contribution in [2.75, 3.05) is 0 Å². The Balaban J connectivity index is 1.26. The Kier molecular flexibility index (Phi) is 2.29. The van der Waals surface area contributed by atoms with Gasteiger partial charge in [-0.2, -0.15) is 0 Å². The highest BCUT2D eigenvalue weighted by atomic mass is 16.3. The SMILES string of the molecule is [2H]c1c(-c2c([2H])c([2H])c3c([2H])c([2H])c4c(-c5c([2H])c([2H])c6oc7c([2H])c8c([2H])c([2H])c([2H])c([2H])c8c([2H])c7c6c5[2H])c([2H])c([2H])c5c([2H])c([2H])c2c3c54)c([2H])c2c(oc3c([2H])c4c([2H])c([2H])c([2H])c([2H])c4c([2H])c32)c1[2H]. The van der Waals surface area contributed by atoms with Gasteiger partial charge in [0, 0.05) is 21.5 Å². The summed E-state index contributed by atoms with van der Waals surface area (Å²) in [5, 5.41) is -6.15. The van der Waals surface area contributed by atoms with E-state index in [2.05, 4.69) is 0 Å². The summed E-state index contributed by atoms with van der Waals surface area (Å²) in [5.74, 6) is 0. The van der Waals surface area contributed by atoms with Crippen molar-refractivity contribution in [1.82, 2.24) is 0 Å². The molecule has 2 aromatic heterocycles. The second-order valence-electron chi connectivity index (χ2n) is 11.5. The lowest BCUT2D eigenvalue weighted by Gasteiger charge is -2.16. The summed E-state index contributed by atoms with van der Waals surface area (Å²) in [5.41, 5.74) is -4.62. The first kappa shape index (κ1) is 12.0. The summed E-state index contributed by atoms with van der Waals surface area (Å²) in [4.78, 5) is 0. The molecular formula is C48H26O2. The first-order chi connectivity index (χ1) is 35.6. The van der Waals surface area contributed by atoms with Crippen LogP contribution in [0.15, 0.2) is 166 Å². The van der Waals surface area contributed by atoms with Crippen molar-refractivity contribution >= 4 is 97.7 Å². The number of hydrogen-bond acceptors (Lipinski definition) is 2. The molecule has 2 heterocycles. The molecular weight excluding hydrogens is 609 g/mol. The maximum atomic E-state index is 9.70. The Morgan fingerprint density at radius 2 is 0.700 bits per heavy atom. The molecule has 0 fully saturated rings. The molecule has 12 aromatic rings. The van der Waals surface area contributed by atoms with Gasteiger partial charge in [-0.05, 0) is 124 Å². The quantitative estimate of drug-likeness (QED) is 0.173. The van der Waals surface area contributed by atoms with Gasteiger partial charge in [0.15, 0.2) is 0 Å². The lowest BCUT2D eigenvalue weighted by Crippen LogP contribution is -1.89. The minimum Gasteiger partial charge on any atom is -0.456 e. The van der Waals surface area contributed by atoms with E-state index in [1.54, 1.807) is 0 Å². The molecule has 10 aromatic carbocycles. The molecule has 0 aliphatic heterocycles. The highest BCUT2D eigenvalue weighted by Gasteiger charge is 2.17. The molecule has 2 nitrogen and oxygen atoms in total. The van der Waals surface area contributed by atoms with Crippen molar-refractivity contribution in [2.24, 2.45) is 0 Å². The van der Waals surface area contributed by atoms with Gasteiger partial charge in [0.1, 0.15) is 22.3 Å². The molecule has 0 saturated heterocycles. The Labute approximate surface area is 322 Å². The summed E-state index contributed by atoms with van der Waals surface area (Å²) < 4.78 is 248. The molecule has 2 heteroatoms. The summed E-state index contributed by atoms with van der Waals surface area (Å²) >= 11 is 0. The van der Waals surface area contributed by atoms with E-state index in [1.165, 1.54) is 0 Å². The van der Waals surface area contributed by atoms with Crippen LogP contribution in [0.4, 0.5) is 0 Å². The topological polar surface area (TPSA) is 26.3 Å². The van der Waals surface area contributed by atoms with E-state index in [1.807, 2.05) is 0 Å². The Hall–Kier alpha value is -6.64. The second kappa shape index (κ2) is 9.49. The Morgan fingerprint density at radius 1 is 0.300 bits per heavy atom. The van der Waals surface area contributed by atoms with Crippen molar-refractivity contribution in [1.29, 1.82) is 0 Å². The van der Waals surface area contributed by atoms with Crippen LogP contribution in [0.3, 0.4) is 0 Å². The minimum absolute atomic E-state index is 0.385. The van der Waals surface area contributed by atoms with Crippen molar-refractivity contribution in [3.63, 3.8) is 0 Å². The molecule has 230 valence electrons. The molecule has 0 unspecified atom stereocenters. The zero-order chi connectivity index (χ0) is 55.1. The molecule has 0 spiro atoms. The van der Waals surface area contributed by atoms with Gasteiger partial charge >= 0.3 is 0 Å². The zero-order valence-electron chi connectivity index (χ0n) is 50.8. The fraction of sp³-hybridized carbons (Fsp3) is 0. The zero-order valence-corrected chi connectivity index (χ0v) is 24.8. The van der Waals surface area contributed by atoms with E-state index < -0.39 is 256 Å². The maximum Gasteiger partial charge on any atom is 0.136 e. The predicted molar refractivity (Wildman–Crippen MR) is 211 cm³/mol. The standard InChI is InChI=1S/C48H26O2/c1-3-7-31-25-45-41(21-29(31)5-1)39-23-33(13-19-43(39)49-45)35-15-9-27-12-18-38-36(16-10-28-11-17-37(35)47(27)48(28)38)34-14-20-44-40(24-34)42-22-30-6-2-4-8-32(30)26-46(42)50-44/h1-26H/i1D,2D,3D,4D,5D,6D,7D,8D,9D,10D,11D,12D,13D,14D,15D,16D,17D,18D,19D,20D,21D,22D,23D,24D,25D,26D. The third-order valence-corrected chi connectivity index (χ3v) is 8.77. The molecule has 0 bridgehead atoms. The molecule has 0 amide bonds. The normalized spacial score (nSPS) is 19.7. The summed E-state index contributed by atoms with van der Waals surface area (Å²) in [6.45, 7) is 0. The van der Waals surface area contributed by atoms with Crippen LogP contribution in [0.2, 0.25) is 0 Å². The van der Waals surface area contributed by atoms with E-state index in [-0.39, 0.29) is 21.5 Å². The number of fused-ring (bicyclic) bond motifs is 8. The number of hydrogen-bond donors (Lipinski definition) is 0. The van der Waals surface area contributed by atoms with Gasteiger partial charge in [0.05, 0.1) is 35.6 Å². The van der Waals surface area contributed by atoms with Gasteiger partial charge in [-0.1, -0.05) is 109 Å². The fourth-order valence-corrected chi connectivity index (χ4v) is 6.53. The summed E-state index contributed by atoms with van der Waals surface area (Å²) in [7, 11) is 0.